The van der Waals surface area contributed by atoms with Crippen molar-refractivity contribution >= 4 is 40.6 Å². The Kier molecular flexibility index (Phi) is 10.3. The van der Waals surface area contributed by atoms with Crippen molar-refractivity contribution in [1.29, 1.82) is 0 Å². The molecule has 2 aliphatic carbocycles. The van der Waals surface area contributed by atoms with Crippen LogP contribution in [0.25, 0.3) is 5.57 Å². The minimum atomic E-state index is -0.788. The van der Waals surface area contributed by atoms with Gasteiger partial charge in [0.05, 0.1) is 35.8 Å². The third kappa shape index (κ3) is 6.27. The molecule has 0 heterocycles. The molecule has 0 saturated heterocycles. The molecule has 0 fully saturated rings. The van der Waals surface area contributed by atoms with Crippen molar-refractivity contribution in [1.82, 2.24) is 4.90 Å². The fourth-order valence-electron chi connectivity index (χ4n) is 4.68. The number of benzene rings is 1. The SMILES string of the molecule is CCOC(=O)/N=C1\C=C(N(CC)CC)C=C\C1=C1\C(=O)C(c2ccc(N(CC)CC)cc2NC(=O)OCC)=C1O. The van der Waals surface area contributed by atoms with Crippen LogP contribution in [-0.4, -0.2) is 73.1 Å². The first-order chi connectivity index (χ1) is 19.2. The normalized spacial score (nSPS) is 17.4. The first-order valence-corrected chi connectivity index (χ1v) is 13.7. The Bertz CT molecular complexity index is 1310. The van der Waals surface area contributed by atoms with Crippen LogP contribution in [0.1, 0.15) is 47.1 Å². The van der Waals surface area contributed by atoms with Crippen molar-refractivity contribution in [2.45, 2.75) is 41.5 Å². The summed E-state index contributed by atoms with van der Waals surface area (Å²) in [4.78, 5) is 46.4. The lowest BCUT2D eigenvalue weighted by molar-refractivity contribution is -0.111. The number of ketones is 1. The number of aliphatic imine (C=N–C) groups is 1. The van der Waals surface area contributed by atoms with Gasteiger partial charge >= 0.3 is 12.2 Å². The van der Waals surface area contributed by atoms with Gasteiger partial charge in [0.2, 0.25) is 5.78 Å². The number of anilines is 2. The summed E-state index contributed by atoms with van der Waals surface area (Å²) in [5.74, 6) is -0.681. The summed E-state index contributed by atoms with van der Waals surface area (Å²) in [7, 11) is 0. The molecule has 0 saturated carbocycles. The van der Waals surface area contributed by atoms with Crippen LogP contribution in [0.4, 0.5) is 21.0 Å². The highest BCUT2D eigenvalue weighted by Gasteiger charge is 2.39. The number of Topliss-reactive ketones (excluding diaryl/α,β-unsaturated/α-hetero) is 1. The first-order valence-electron chi connectivity index (χ1n) is 13.7. The highest BCUT2D eigenvalue weighted by Crippen LogP contribution is 2.42. The summed E-state index contributed by atoms with van der Waals surface area (Å²) >= 11 is 0. The number of hydrogen-bond acceptors (Lipinski definition) is 8. The summed E-state index contributed by atoms with van der Waals surface area (Å²) in [6.45, 7) is 14.7. The minimum Gasteiger partial charge on any atom is -0.506 e. The summed E-state index contributed by atoms with van der Waals surface area (Å²) in [5.41, 5.74) is 3.00. The Balaban J connectivity index is 2.14. The highest BCUT2D eigenvalue weighted by atomic mass is 16.5. The highest BCUT2D eigenvalue weighted by molar-refractivity contribution is 6.42. The molecular formula is C30H38N4O6. The van der Waals surface area contributed by atoms with Crippen molar-refractivity contribution in [2.24, 2.45) is 4.99 Å². The Morgan fingerprint density at radius 3 is 2.12 bits per heavy atom. The largest absolute Gasteiger partial charge is 0.506 e. The van der Waals surface area contributed by atoms with Crippen molar-refractivity contribution in [3.63, 3.8) is 0 Å². The number of allylic oxidation sites excluding steroid dienone is 6. The Morgan fingerprint density at radius 2 is 1.55 bits per heavy atom. The summed E-state index contributed by atoms with van der Waals surface area (Å²) in [5, 5.41) is 13.9. The van der Waals surface area contributed by atoms with Gasteiger partial charge in [0.25, 0.3) is 0 Å². The second-order valence-corrected chi connectivity index (χ2v) is 8.86. The number of ether oxygens (including phenoxy) is 2. The summed E-state index contributed by atoms with van der Waals surface area (Å²) in [6.07, 6.45) is 3.75. The van der Waals surface area contributed by atoms with Gasteiger partial charge < -0.3 is 24.4 Å². The standard InChI is InChI=1S/C30H38N4O6/c1-7-33(8-2)19-13-15-21(23(17-19)31-29(37)39-11-5)25-27(35)26(28(25)36)22-16-14-20(34(9-3)10-4)18-24(22)32-30(38)40-12-6/h13-18,35H,7-12H2,1-6H3,(H,31,37)/b26-22-,32-24+. The van der Waals surface area contributed by atoms with Gasteiger partial charge in [-0.1, -0.05) is 0 Å². The van der Waals surface area contributed by atoms with Gasteiger partial charge in [0, 0.05) is 48.7 Å². The molecule has 2 aliphatic rings. The molecule has 40 heavy (non-hydrogen) atoms. The Morgan fingerprint density at radius 1 is 0.900 bits per heavy atom. The number of likely N-dealkylation sites (N-methyl/N-ethyl adjacent to an activating group) is 1. The average Bonchev–Trinajstić information content (AvgIpc) is 2.93. The smallest absolute Gasteiger partial charge is 0.434 e. The van der Waals surface area contributed by atoms with Gasteiger partial charge in [-0.2, -0.15) is 4.99 Å². The second-order valence-electron chi connectivity index (χ2n) is 8.86. The van der Waals surface area contributed by atoms with Gasteiger partial charge in [-0.05, 0) is 78.0 Å². The van der Waals surface area contributed by atoms with E-state index in [2.05, 4.69) is 20.1 Å². The predicted molar refractivity (Wildman–Crippen MR) is 157 cm³/mol. The molecule has 0 radical (unpaired) electrons. The average molecular weight is 551 g/mol. The predicted octanol–water partition coefficient (Wildman–Crippen LogP) is 5.64. The van der Waals surface area contributed by atoms with Gasteiger partial charge in [0.15, 0.2) is 0 Å². The fraction of sp³-hybridized carbons (Fsp3) is 0.400. The topological polar surface area (TPSA) is 121 Å². The maximum Gasteiger partial charge on any atom is 0.434 e. The lowest BCUT2D eigenvalue weighted by atomic mass is 9.78. The monoisotopic (exact) mass is 550 g/mol. The van der Waals surface area contributed by atoms with Crippen molar-refractivity contribution in [3.05, 3.63) is 64.6 Å². The van der Waals surface area contributed by atoms with Crippen LogP contribution in [0.3, 0.4) is 0 Å². The van der Waals surface area contributed by atoms with Crippen molar-refractivity contribution < 1.29 is 29.0 Å². The molecule has 0 aliphatic heterocycles. The molecule has 0 aromatic heterocycles. The van der Waals surface area contributed by atoms with E-state index in [0.717, 1.165) is 37.6 Å². The molecule has 0 bridgehead atoms. The maximum atomic E-state index is 13.6. The van der Waals surface area contributed by atoms with Crippen molar-refractivity contribution in [2.75, 3.05) is 49.6 Å². The first kappa shape index (κ1) is 30.2. The molecule has 0 unspecified atom stereocenters. The van der Waals surface area contributed by atoms with E-state index in [0.29, 0.717) is 16.8 Å². The minimum absolute atomic E-state index is 0.0408. The van der Waals surface area contributed by atoms with Gasteiger partial charge in [-0.15, -0.1) is 0 Å². The Hall–Kier alpha value is -4.34. The molecule has 3 rings (SSSR count). The van der Waals surface area contributed by atoms with E-state index in [4.69, 9.17) is 9.47 Å². The van der Waals surface area contributed by atoms with Crippen molar-refractivity contribution in [3.8, 4) is 0 Å². The van der Waals surface area contributed by atoms with Crippen LogP contribution in [-0.2, 0) is 14.3 Å². The van der Waals surface area contributed by atoms with Gasteiger partial charge in [0.1, 0.15) is 5.76 Å². The van der Waals surface area contributed by atoms with E-state index >= 15 is 0 Å². The molecule has 214 valence electrons. The quantitative estimate of drug-likeness (QED) is 0.359. The molecule has 2 amide bonds. The van der Waals surface area contributed by atoms with Crippen LogP contribution < -0.4 is 10.2 Å². The van der Waals surface area contributed by atoms with Crippen LogP contribution in [0.2, 0.25) is 0 Å². The molecule has 1 aromatic rings. The Labute approximate surface area is 235 Å². The van der Waals surface area contributed by atoms with Crippen LogP contribution in [0.15, 0.2) is 64.0 Å². The second kappa shape index (κ2) is 13.6. The van der Waals surface area contributed by atoms with Crippen LogP contribution in [0.5, 0.6) is 0 Å². The number of nitrogens with zero attached hydrogens (tertiary/aromatic N) is 3. The van der Waals surface area contributed by atoms with Crippen LogP contribution >= 0.6 is 0 Å². The molecule has 1 aromatic carbocycles. The van der Waals surface area contributed by atoms with E-state index < -0.39 is 18.0 Å². The summed E-state index contributed by atoms with van der Waals surface area (Å²) in [6, 6.07) is 5.29. The number of hydrogen-bond donors (Lipinski definition) is 2. The zero-order valence-corrected chi connectivity index (χ0v) is 24.0. The summed E-state index contributed by atoms with van der Waals surface area (Å²) < 4.78 is 10.1. The number of rotatable bonds is 10. The van der Waals surface area contributed by atoms with E-state index in [1.165, 1.54) is 0 Å². The van der Waals surface area contributed by atoms with Gasteiger partial charge in [-0.3, -0.25) is 10.1 Å². The fourth-order valence-corrected chi connectivity index (χ4v) is 4.68. The molecule has 0 spiro atoms. The number of aliphatic hydroxyl groups is 1. The maximum absolute atomic E-state index is 13.6. The molecule has 10 nitrogen and oxygen atoms in total. The number of aliphatic hydroxyl groups excluding tert-OH is 1. The van der Waals surface area contributed by atoms with E-state index in [1.54, 1.807) is 38.1 Å². The zero-order chi connectivity index (χ0) is 29.4. The van der Waals surface area contributed by atoms with Crippen LogP contribution in [0, 0.1) is 0 Å². The number of amides is 2. The lowest BCUT2D eigenvalue weighted by Crippen LogP contribution is -2.28. The van der Waals surface area contributed by atoms with E-state index in [9.17, 15) is 19.5 Å². The number of nitrogens with one attached hydrogen (secondary N) is 1. The third-order valence-electron chi connectivity index (χ3n) is 6.70. The molecule has 2 N–H and O–H groups in total. The third-order valence-corrected chi connectivity index (χ3v) is 6.70. The molecule has 10 heteroatoms. The number of carbonyl (C=O) groups is 3. The zero-order valence-electron chi connectivity index (χ0n) is 24.0. The van der Waals surface area contributed by atoms with Gasteiger partial charge in [-0.25, -0.2) is 9.59 Å². The molecule has 0 atom stereocenters. The van der Waals surface area contributed by atoms with E-state index in [-0.39, 0.29) is 35.8 Å². The number of carbonyl (C=O) groups excluding carboxylic acids is 3. The molecular weight excluding hydrogens is 512 g/mol. The van der Waals surface area contributed by atoms with E-state index in [1.807, 2.05) is 39.8 Å². The lowest BCUT2D eigenvalue weighted by Gasteiger charge is -2.29.